The summed E-state index contributed by atoms with van der Waals surface area (Å²) >= 11 is 0. The van der Waals surface area contributed by atoms with Crippen LogP contribution in [-0.2, 0) is 20.7 Å². The Morgan fingerprint density at radius 1 is 1.16 bits per heavy atom. The Bertz CT molecular complexity index is 1280. The minimum atomic E-state index is -1.13. The summed E-state index contributed by atoms with van der Waals surface area (Å²) in [5.74, 6) is -1.34. The summed E-state index contributed by atoms with van der Waals surface area (Å²) in [7, 11) is 1.63. The van der Waals surface area contributed by atoms with Gasteiger partial charge in [0.15, 0.2) is 5.69 Å². The second kappa shape index (κ2) is 14.7. The van der Waals surface area contributed by atoms with E-state index in [0.29, 0.717) is 75.7 Å². The Kier molecular flexibility index (Phi) is 11.1. The quantitative estimate of drug-likeness (QED) is 0.389. The lowest BCUT2D eigenvalue weighted by Crippen LogP contribution is -2.58. The molecule has 13 heteroatoms. The Morgan fingerprint density at radius 3 is 2.56 bits per heavy atom. The van der Waals surface area contributed by atoms with Gasteiger partial charge in [-0.3, -0.25) is 9.59 Å². The molecule has 236 valence electrons. The molecule has 2 aromatic rings. The van der Waals surface area contributed by atoms with Crippen molar-refractivity contribution in [2.24, 2.45) is 11.8 Å². The Balaban J connectivity index is 1.68. The molecular formula is C30H43FN6O6. The number of carbonyl (C=O) groups excluding carboxylic acids is 2. The molecule has 2 fully saturated rings. The van der Waals surface area contributed by atoms with Crippen LogP contribution in [-0.4, -0.2) is 118 Å². The third kappa shape index (κ3) is 7.88. The van der Waals surface area contributed by atoms with Crippen molar-refractivity contribution in [2.75, 3.05) is 59.7 Å². The topological polar surface area (TPSA) is 130 Å². The van der Waals surface area contributed by atoms with E-state index in [2.05, 4.69) is 10.3 Å². The van der Waals surface area contributed by atoms with Crippen molar-refractivity contribution in [3.63, 3.8) is 0 Å². The molecule has 1 N–H and O–H groups in total. The number of benzene rings is 1. The normalized spacial score (nSPS) is 19.1. The molecule has 1 aromatic heterocycles. The smallest absolute Gasteiger partial charge is 0.407 e. The summed E-state index contributed by atoms with van der Waals surface area (Å²) < 4.78 is 26.2. The fourth-order valence-electron chi connectivity index (χ4n) is 5.80. The largest absolute Gasteiger partial charge is 0.465 e. The van der Waals surface area contributed by atoms with Crippen molar-refractivity contribution < 1.29 is 33.4 Å². The number of halogens is 1. The molecule has 12 nitrogen and oxygen atoms in total. The lowest BCUT2D eigenvalue weighted by molar-refractivity contribution is -0.142. The van der Waals surface area contributed by atoms with Gasteiger partial charge in [-0.2, -0.15) is 0 Å². The van der Waals surface area contributed by atoms with Crippen LogP contribution < -0.4 is 0 Å². The summed E-state index contributed by atoms with van der Waals surface area (Å²) in [5, 5.41) is 18.6. The molecular weight excluding hydrogens is 559 g/mol. The van der Waals surface area contributed by atoms with E-state index in [4.69, 9.17) is 9.47 Å². The van der Waals surface area contributed by atoms with Gasteiger partial charge in [0.05, 0.1) is 36.6 Å². The zero-order valence-corrected chi connectivity index (χ0v) is 25.5. The maximum Gasteiger partial charge on any atom is 0.407 e. The first kappa shape index (κ1) is 32.3. The van der Waals surface area contributed by atoms with Crippen molar-refractivity contribution in [3.05, 3.63) is 41.0 Å². The molecule has 0 aliphatic carbocycles. The zero-order valence-electron chi connectivity index (χ0n) is 25.5. The average molecular weight is 603 g/mol. The van der Waals surface area contributed by atoms with Gasteiger partial charge >= 0.3 is 6.09 Å². The molecule has 43 heavy (non-hydrogen) atoms. The molecule has 0 radical (unpaired) electrons. The zero-order chi connectivity index (χ0) is 31.1. The maximum absolute atomic E-state index is 14.4. The third-order valence-corrected chi connectivity index (χ3v) is 8.00. The van der Waals surface area contributed by atoms with Crippen LogP contribution >= 0.6 is 0 Å². The molecule has 3 heterocycles. The molecule has 2 aliphatic heterocycles. The number of rotatable bonds is 11. The van der Waals surface area contributed by atoms with E-state index in [-0.39, 0.29) is 42.3 Å². The standard InChI is InChI=1S/C30H43FN6O6/c1-20(2)17-36(24-16-22(18-35(19-24)30(40)41)28(38)34-10-13-43-14-11-34)29(39)27-26(7-5-6-12-42-4)37(33-32-27)23-8-9-25(31)21(3)15-23/h8-9,15,20,22,24H,5-7,10-14,16-19H2,1-4H3,(H,40,41)/t22-,24+/m1/s1. The Hall–Kier alpha value is -3.58. The number of likely N-dealkylation sites (tertiary alicyclic amines) is 1. The number of carboxylic acid groups (broad SMARTS) is 1. The molecule has 4 rings (SSSR count). The van der Waals surface area contributed by atoms with Gasteiger partial charge in [0, 0.05) is 46.4 Å². The molecule has 0 spiro atoms. The number of aromatic nitrogens is 3. The Labute approximate surface area is 251 Å². The number of hydrogen-bond acceptors (Lipinski definition) is 7. The van der Waals surface area contributed by atoms with Crippen LogP contribution in [0.15, 0.2) is 18.2 Å². The number of nitrogens with zero attached hydrogens (tertiary/aromatic N) is 6. The van der Waals surface area contributed by atoms with E-state index in [1.165, 1.54) is 11.0 Å². The summed E-state index contributed by atoms with van der Waals surface area (Å²) in [6, 6.07) is 4.09. The number of hydrogen-bond donors (Lipinski definition) is 1. The second-order valence-corrected chi connectivity index (χ2v) is 11.7. The van der Waals surface area contributed by atoms with E-state index in [1.54, 1.807) is 40.6 Å². The highest BCUT2D eigenvalue weighted by Crippen LogP contribution is 2.27. The lowest BCUT2D eigenvalue weighted by atomic mass is 9.91. The second-order valence-electron chi connectivity index (χ2n) is 11.7. The van der Waals surface area contributed by atoms with Gasteiger partial charge in [0.1, 0.15) is 5.82 Å². The molecule has 0 bridgehead atoms. The number of unbranched alkanes of at least 4 members (excludes halogenated alkanes) is 1. The van der Waals surface area contributed by atoms with Gasteiger partial charge in [0.2, 0.25) is 5.91 Å². The predicted molar refractivity (Wildman–Crippen MR) is 156 cm³/mol. The summed E-state index contributed by atoms with van der Waals surface area (Å²) in [6.45, 7) is 8.52. The first-order valence-electron chi connectivity index (χ1n) is 15.0. The summed E-state index contributed by atoms with van der Waals surface area (Å²) in [5.41, 5.74) is 1.80. The van der Waals surface area contributed by atoms with E-state index in [0.717, 1.165) is 6.42 Å². The van der Waals surface area contributed by atoms with Gasteiger partial charge in [-0.25, -0.2) is 13.9 Å². The monoisotopic (exact) mass is 602 g/mol. The van der Waals surface area contributed by atoms with Crippen LogP contribution in [0.4, 0.5) is 9.18 Å². The number of morpholine rings is 1. The number of carbonyl (C=O) groups is 3. The van der Waals surface area contributed by atoms with Gasteiger partial charge in [-0.1, -0.05) is 19.1 Å². The number of methoxy groups -OCH3 is 1. The molecule has 2 atom stereocenters. The number of ether oxygens (including phenoxy) is 2. The van der Waals surface area contributed by atoms with Crippen molar-refractivity contribution >= 4 is 17.9 Å². The molecule has 2 saturated heterocycles. The highest BCUT2D eigenvalue weighted by molar-refractivity contribution is 5.94. The van der Waals surface area contributed by atoms with Crippen LogP contribution in [0.1, 0.15) is 54.9 Å². The minimum absolute atomic E-state index is 0.0671. The highest BCUT2D eigenvalue weighted by atomic mass is 19.1. The fraction of sp³-hybridized carbons (Fsp3) is 0.633. The van der Waals surface area contributed by atoms with Gasteiger partial charge in [0.25, 0.3) is 5.91 Å². The predicted octanol–water partition coefficient (Wildman–Crippen LogP) is 3.01. The maximum atomic E-state index is 14.4. The van der Waals surface area contributed by atoms with Crippen LogP contribution in [0.2, 0.25) is 0 Å². The fourth-order valence-corrected chi connectivity index (χ4v) is 5.80. The molecule has 0 unspecified atom stereocenters. The molecule has 1 aromatic carbocycles. The molecule has 2 aliphatic rings. The summed E-state index contributed by atoms with van der Waals surface area (Å²) in [4.78, 5) is 44.6. The van der Waals surface area contributed by atoms with Crippen LogP contribution in [0.5, 0.6) is 0 Å². The number of amides is 3. The highest BCUT2D eigenvalue weighted by Gasteiger charge is 2.41. The molecule has 3 amide bonds. The van der Waals surface area contributed by atoms with E-state index in [1.807, 2.05) is 13.8 Å². The number of piperidine rings is 1. The van der Waals surface area contributed by atoms with Gasteiger partial charge in [-0.15, -0.1) is 5.10 Å². The Morgan fingerprint density at radius 2 is 1.91 bits per heavy atom. The van der Waals surface area contributed by atoms with Crippen molar-refractivity contribution in [2.45, 2.75) is 52.5 Å². The van der Waals surface area contributed by atoms with E-state index in [9.17, 15) is 23.9 Å². The van der Waals surface area contributed by atoms with Gasteiger partial charge < -0.3 is 29.3 Å². The molecule has 0 saturated carbocycles. The minimum Gasteiger partial charge on any atom is -0.465 e. The van der Waals surface area contributed by atoms with Crippen molar-refractivity contribution in [3.8, 4) is 5.69 Å². The van der Waals surface area contributed by atoms with Crippen LogP contribution in [0, 0.1) is 24.6 Å². The third-order valence-electron chi connectivity index (χ3n) is 8.00. The SMILES string of the molecule is COCCCCc1c(C(=O)N(CC(C)C)[C@H]2C[C@@H](C(=O)N3CCOCC3)CN(C(=O)O)C2)nnn1-c1ccc(F)c(C)c1. The summed E-state index contributed by atoms with van der Waals surface area (Å²) in [6.07, 6.45) is 1.16. The van der Waals surface area contributed by atoms with Crippen LogP contribution in [0.3, 0.4) is 0 Å². The number of aryl methyl sites for hydroxylation is 1. The average Bonchev–Trinajstić information content (AvgIpc) is 3.42. The van der Waals surface area contributed by atoms with Crippen LogP contribution in [0.25, 0.3) is 5.69 Å². The lowest BCUT2D eigenvalue weighted by Gasteiger charge is -2.43. The first-order valence-corrected chi connectivity index (χ1v) is 15.0. The van der Waals surface area contributed by atoms with Crippen molar-refractivity contribution in [1.29, 1.82) is 0 Å². The van der Waals surface area contributed by atoms with Crippen molar-refractivity contribution in [1.82, 2.24) is 29.7 Å². The first-order chi connectivity index (χ1) is 20.6. The van der Waals surface area contributed by atoms with E-state index < -0.39 is 18.1 Å². The van der Waals surface area contributed by atoms with Gasteiger partial charge in [-0.05, 0) is 62.3 Å². The van der Waals surface area contributed by atoms with E-state index >= 15 is 0 Å².